The van der Waals surface area contributed by atoms with Crippen molar-refractivity contribution in [3.63, 3.8) is 0 Å². The number of nitrogens with zero attached hydrogens (tertiary/aromatic N) is 3. The summed E-state index contributed by atoms with van der Waals surface area (Å²) in [6.45, 7) is 0.205. The molecule has 3 N–H and O–H groups in total. The maximum Gasteiger partial charge on any atom is 0.354 e. The maximum atomic E-state index is 11.9. The third-order valence-corrected chi connectivity index (χ3v) is 4.62. The number of ether oxygens (including phenoxy) is 1. The van der Waals surface area contributed by atoms with Crippen molar-refractivity contribution in [2.24, 2.45) is 0 Å². The van der Waals surface area contributed by atoms with Gasteiger partial charge in [-0.2, -0.15) is 0 Å². The van der Waals surface area contributed by atoms with Crippen LogP contribution in [0.4, 0.5) is 17.3 Å². The third kappa shape index (κ3) is 5.87. The molecule has 3 rings (SSSR count). The number of amides is 1. The van der Waals surface area contributed by atoms with Crippen LogP contribution in [0, 0.1) is 10.1 Å². The fourth-order valence-electron chi connectivity index (χ4n) is 2.36. The molecular weight excluding hydrogens is 396 g/mol. The lowest BCUT2D eigenvalue weighted by Gasteiger charge is -2.11. The molecule has 0 saturated heterocycles. The zero-order valence-electron chi connectivity index (χ0n) is 15.2. The van der Waals surface area contributed by atoms with Crippen LogP contribution in [0.3, 0.4) is 0 Å². The zero-order chi connectivity index (χ0) is 20.5. The van der Waals surface area contributed by atoms with Gasteiger partial charge in [-0.15, -0.1) is 11.3 Å². The summed E-state index contributed by atoms with van der Waals surface area (Å²) in [5.74, 6) is -0.0441. The molecule has 0 atom stereocenters. The number of anilines is 2. The minimum absolute atomic E-state index is 0.0684. The molecule has 150 valence electrons. The topological polar surface area (TPSA) is 131 Å². The average Bonchev–Trinajstić information content (AvgIpc) is 3.25. The third-order valence-electron chi connectivity index (χ3n) is 3.68. The van der Waals surface area contributed by atoms with Crippen molar-refractivity contribution in [3.8, 4) is 5.75 Å². The SMILES string of the molecule is O=C(COc1ccccc1)NNc1ncnc(NCCc2cccs2)c1[N+](=O)[O-]. The van der Waals surface area contributed by atoms with Gasteiger partial charge in [0.15, 0.2) is 6.61 Å². The van der Waals surface area contributed by atoms with Crippen LogP contribution in [0.1, 0.15) is 4.88 Å². The molecule has 2 heterocycles. The second-order valence-electron chi connectivity index (χ2n) is 5.71. The summed E-state index contributed by atoms with van der Waals surface area (Å²) in [7, 11) is 0. The zero-order valence-corrected chi connectivity index (χ0v) is 16.0. The Balaban J connectivity index is 1.57. The van der Waals surface area contributed by atoms with Gasteiger partial charge in [0.2, 0.25) is 11.6 Å². The highest BCUT2D eigenvalue weighted by Gasteiger charge is 2.23. The Bertz CT molecular complexity index is 952. The van der Waals surface area contributed by atoms with E-state index in [1.54, 1.807) is 35.6 Å². The van der Waals surface area contributed by atoms with E-state index in [-0.39, 0.29) is 23.9 Å². The van der Waals surface area contributed by atoms with Crippen molar-refractivity contribution in [3.05, 3.63) is 69.2 Å². The molecule has 1 amide bonds. The van der Waals surface area contributed by atoms with Crippen molar-refractivity contribution in [2.75, 3.05) is 23.9 Å². The van der Waals surface area contributed by atoms with E-state index in [4.69, 9.17) is 4.74 Å². The van der Waals surface area contributed by atoms with Gasteiger partial charge in [0.05, 0.1) is 4.92 Å². The number of carbonyl (C=O) groups excluding carboxylic acids is 1. The van der Waals surface area contributed by atoms with Crippen LogP contribution in [0.5, 0.6) is 5.75 Å². The number of nitro groups is 1. The van der Waals surface area contributed by atoms with Gasteiger partial charge in [0, 0.05) is 11.4 Å². The molecule has 3 aromatic rings. The molecule has 0 spiro atoms. The van der Waals surface area contributed by atoms with Crippen LogP contribution in [0.2, 0.25) is 0 Å². The largest absolute Gasteiger partial charge is 0.484 e. The predicted octanol–water partition coefficient (Wildman–Crippen LogP) is 2.62. The lowest BCUT2D eigenvalue weighted by atomic mass is 10.3. The van der Waals surface area contributed by atoms with Crippen molar-refractivity contribution >= 4 is 34.6 Å². The summed E-state index contributed by atoms with van der Waals surface area (Å²) in [6.07, 6.45) is 1.88. The molecule has 0 radical (unpaired) electrons. The number of rotatable bonds is 10. The molecule has 1 aromatic carbocycles. The van der Waals surface area contributed by atoms with Crippen LogP contribution in [-0.2, 0) is 11.2 Å². The molecule has 0 fully saturated rings. The monoisotopic (exact) mass is 414 g/mol. The lowest BCUT2D eigenvalue weighted by Crippen LogP contribution is -2.34. The Morgan fingerprint density at radius 3 is 2.66 bits per heavy atom. The Hall–Kier alpha value is -3.73. The summed E-state index contributed by atoms with van der Waals surface area (Å²) < 4.78 is 5.32. The number of hydrogen-bond acceptors (Lipinski definition) is 9. The summed E-state index contributed by atoms with van der Waals surface area (Å²) in [6, 6.07) is 12.7. The molecule has 0 saturated carbocycles. The number of thiophene rings is 1. The highest BCUT2D eigenvalue weighted by Crippen LogP contribution is 2.28. The number of nitrogens with one attached hydrogen (secondary N) is 3. The standard InChI is InChI=1S/C18H18N6O4S/c25-15(11-28-13-5-2-1-3-6-13)22-23-18-16(24(26)27)17(20-12-21-18)19-9-8-14-7-4-10-29-14/h1-7,10,12H,8-9,11H2,(H,22,25)(H2,19,20,21,23). The molecule has 0 aliphatic rings. The van der Waals surface area contributed by atoms with Crippen LogP contribution >= 0.6 is 11.3 Å². The minimum Gasteiger partial charge on any atom is -0.484 e. The van der Waals surface area contributed by atoms with Crippen molar-refractivity contribution < 1.29 is 14.5 Å². The summed E-state index contributed by atoms with van der Waals surface area (Å²) in [4.78, 5) is 31.8. The van der Waals surface area contributed by atoms with Gasteiger partial charge in [-0.1, -0.05) is 24.3 Å². The Kier molecular flexibility index (Phi) is 6.90. The molecule has 10 nitrogen and oxygen atoms in total. The van der Waals surface area contributed by atoms with E-state index in [9.17, 15) is 14.9 Å². The van der Waals surface area contributed by atoms with Crippen molar-refractivity contribution in [1.82, 2.24) is 15.4 Å². The molecule has 0 aliphatic heterocycles. The lowest BCUT2D eigenvalue weighted by molar-refractivity contribution is -0.383. The molecule has 2 aromatic heterocycles. The van der Waals surface area contributed by atoms with Gasteiger partial charge in [-0.05, 0) is 30.0 Å². The number of aromatic nitrogens is 2. The smallest absolute Gasteiger partial charge is 0.354 e. The van der Waals surface area contributed by atoms with E-state index in [1.165, 1.54) is 6.33 Å². The first-order chi connectivity index (χ1) is 14.1. The van der Waals surface area contributed by atoms with Gasteiger partial charge >= 0.3 is 5.69 Å². The van der Waals surface area contributed by atoms with E-state index < -0.39 is 10.8 Å². The first kappa shape index (κ1) is 20.0. The molecule has 29 heavy (non-hydrogen) atoms. The molecule has 11 heteroatoms. The van der Waals surface area contributed by atoms with Gasteiger partial charge in [-0.25, -0.2) is 9.97 Å². The molecule has 0 bridgehead atoms. The van der Waals surface area contributed by atoms with Gasteiger partial charge in [0.25, 0.3) is 5.91 Å². The first-order valence-electron chi connectivity index (χ1n) is 8.62. The van der Waals surface area contributed by atoms with Crippen LogP contribution in [0.25, 0.3) is 0 Å². The van der Waals surface area contributed by atoms with Gasteiger partial charge in [-0.3, -0.25) is 25.8 Å². The Morgan fingerprint density at radius 1 is 1.14 bits per heavy atom. The van der Waals surface area contributed by atoms with E-state index in [0.29, 0.717) is 18.7 Å². The summed E-state index contributed by atoms with van der Waals surface area (Å²) in [5.41, 5.74) is 4.44. The van der Waals surface area contributed by atoms with E-state index in [1.807, 2.05) is 23.6 Å². The van der Waals surface area contributed by atoms with Crippen LogP contribution < -0.4 is 20.9 Å². The van der Waals surface area contributed by atoms with Gasteiger partial charge in [0.1, 0.15) is 12.1 Å². The average molecular weight is 414 g/mol. The van der Waals surface area contributed by atoms with Crippen LogP contribution in [-0.4, -0.2) is 34.0 Å². The highest BCUT2D eigenvalue weighted by molar-refractivity contribution is 7.09. The first-order valence-corrected chi connectivity index (χ1v) is 9.50. The van der Waals surface area contributed by atoms with E-state index >= 15 is 0 Å². The molecule has 0 aliphatic carbocycles. The van der Waals surface area contributed by atoms with E-state index in [2.05, 4.69) is 26.1 Å². The number of hydrogen-bond donors (Lipinski definition) is 3. The maximum absolute atomic E-state index is 11.9. The number of para-hydroxylation sites is 1. The second-order valence-corrected chi connectivity index (χ2v) is 6.74. The molecular formula is C18H18N6O4S. The molecule has 0 unspecified atom stereocenters. The number of benzene rings is 1. The minimum atomic E-state index is -0.609. The quantitative estimate of drug-likeness (QED) is 0.341. The van der Waals surface area contributed by atoms with Crippen molar-refractivity contribution in [2.45, 2.75) is 6.42 Å². The normalized spacial score (nSPS) is 10.2. The highest BCUT2D eigenvalue weighted by atomic mass is 32.1. The second kappa shape index (κ2) is 9.99. The van der Waals surface area contributed by atoms with Crippen LogP contribution in [0.15, 0.2) is 54.2 Å². The predicted molar refractivity (Wildman–Crippen MR) is 109 cm³/mol. The fraction of sp³-hybridized carbons (Fsp3) is 0.167. The van der Waals surface area contributed by atoms with E-state index in [0.717, 1.165) is 4.88 Å². The fourth-order valence-corrected chi connectivity index (χ4v) is 3.07. The summed E-state index contributed by atoms with van der Waals surface area (Å²) >= 11 is 1.61. The van der Waals surface area contributed by atoms with Crippen molar-refractivity contribution in [1.29, 1.82) is 0 Å². The summed E-state index contributed by atoms with van der Waals surface area (Å²) in [5, 5.41) is 16.4. The van der Waals surface area contributed by atoms with Gasteiger partial charge < -0.3 is 10.1 Å². The Labute approximate surface area is 170 Å². The number of hydrazine groups is 1. The number of carbonyl (C=O) groups is 1. The Morgan fingerprint density at radius 2 is 1.93 bits per heavy atom.